The summed E-state index contributed by atoms with van der Waals surface area (Å²) in [6, 6.07) is 7.56. The van der Waals surface area contributed by atoms with Gasteiger partial charge in [-0.05, 0) is 12.5 Å². The monoisotopic (exact) mass is 285 g/mol. The fraction of sp³-hybridized carbons (Fsp3) is 0.500. The van der Waals surface area contributed by atoms with Gasteiger partial charge in [0.15, 0.2) is 0 Å². The summed E-state index contributed by atoms with van der Waals surface area (Å²) in [5.41, 5.74) is 0.928. The number of hydrogen-bond acceptors (Lipinski definition) is 3. The molecule has 0 heterocycles. The van der Waals surface area contributed by atoms with E-state index in [0.717, 1.165) is 11.3 Å². The summed E-state index contributed by atoms with van der Waals surface area (Å²) in [5.74, 6) is 1.21. The second-order valence-electron chi connectivity index (χ2n) is 4.14. The lowest BCUT2D eigenvalue weighted by molar-refractivity contribution is -0.132. The van der Waals surface area contributed by atoms with Gasteiger partial charge in [0, 0.05) is 31.0 Å². The predicted octanol–water partition coefficient (Wildman–Crippen LogP) is 2.04. The van der Waals surface area contributed by atoms with Crippen molar-refractivity contribution in [3.8, 4) is 5.75 Å². The van der Waals surface area contributed by atoms with E-state index >= 15 is 0 Å². The van der Waals surface area contributed by atoms with Crippen molar-refractivity contribution >= 4 is 17.5 Å². The van der Waals surface area contributed by atoms with Crippen molar-refractivity contribution < 1.29 is 14.6 Å². The van der Waals surface area contributed by atoms with E-state index in [-0.39, 0.29) is 12.5 Å². The topological polar surface area (TPSA) is 49.8 Å². The van der Waals surface area contributed by atoms with Crippen molar-refractivity contribution in [2.45, 2.75) is 19.4 Å². The SMILES string of the molecule is COc1ccccc1CN(CCO)C(=O)CCCCl. The van der Waals surface area contributed by atoms with Gasteiger partial charge in [-0.3, -0.25) is 4.79 Å². The summed E-state index contributed by atoms with van der Waals surface area (Å²) in [7, 11) is 1.60. The van der Waals surface area contributed by atoms with Gasteiger partial charge in [-0.1, -0.05) is 18.2 Å². The maximum Gasteiger partial charge on any atom is 0.222 e. The van der Waals surface area contributed by atoms with Crippen LogP contribution >= 0.6 is 11.6 Å². The van der Waals surface area contributed by atoms with Crippen molar-refractivity contribution in [3.05, 3.63) is 29.8 Å². The number of hydrogen-bond donors (Lipinski definition) is 1. The second kappa shape index (κ2) is 8.77. The van der Waals surface area contributed by atoms with Crippen molar-refractivity contribution in [3.63, 3.8) is 0 Å². The minimum atomic E-state index is -0.0538. The molecule has 106 valence electrons. The lowest BCUT2D eigenvalue weighted by atomic mass is 10.1. The molecule has 0 spiro atoms. The van der Waals surface area contributed by atoms with Crippen LogP contribution in [-0.4, -0.2) is 42.1 Å². The van der Waals surface area contributed by atoms with Gasteiger partial charge in [-0.15, -0.1) is 11.6 Å². The van der Waals surface area contributed by atoms with Gasteiger partial charge in [0.05, 0.1) is 13.7 Å². The van der Waals surface area contributed by atoms with E-state index in [1.165, 1.54) is 0 Å². The van der Waals surface area contributed by atoms with Crippen LogP contribution in [0.15, 0.2) is 24.3 Å². The molecule has 4 nitrogen and oxygen atoms in total. The normalized spacial score (nSPS) is 10.3. The quantitative estimate of drug-likeness (QED) is 0.744. The van der Waals surface area contributed by atoms with Gasteiger partial charge in [-0.25, -0.2) is 0 Å². The zero-order valence-corrected chi connectivity index (χ0v) is 11.9. The smallest absolute Gasteiger partial charge is 0.222 e. The van der Waals surface area contributed by atoms with Crippen molar-refractivity contribution in [2.24, 2.45) is 0 Å². The number of alkyl halides is 1. The third-order valence-corrected chi connectivity index (χ3v) is 3.07. The number of benzene rings is 1. The van der Waals surface area contributed by atoms with Crippen LogP contribution in [0.5, 0.6) is 5.75 Å². The molecule has 1 aromatic rings. The summed E-state index contributed by atoms with van der Waals surface area (Å²) < 4.78 is 5.26. The minimum Gasteiger partial charge on any atom is -0.496 e. The van der Waals surface area contributed by atoms with Crippen molar-refractivity contribution in [2.75, 3.05) is 26.1 Å². The highest BCUT2D eigenvalue weighted by Gasteiger charge is 2.14. The van der Waals surface area contributed by atoms with E-state index < -0.39 is 0 Å². The predicted molar refractivity (Wildman–Crippen MR) is 75.5 cm³/mol. The number of carbonyl (C=O) groups is 1. The summed E-state index contributed by atoms with van der Waals surface area (Å²) >= 11 is 5.60. The van der Waals surface area contributed by atoms with Crippen LogP contribution in [0, 0.1) is 0 Å². The van der Waals surface area contributed by atoms with Crippen LogP contribution < -0.4 is 4.74 Å². The van der Waals surface area contributed by atoms with Crippen molar-refractivity contribution in [1.82, 2.24) is 4.90 Å². The van der Waals surface area contributed by atoms with Crippen LogP contribution in [0.4, 0.5) is 0 Å². The van der Waals surface area contributed by atoms with Crippen LogP contribution in [0.2, 0.25) is 0 Å². The molecule has 0 unspecified atom stereocenters. The van der Waals surface area contributed by atoms with E-state index in [0.29, 0.717) is 31.8 Å². The molecule has 0 fully saturated rings. The Hall–Kier alpha value is -1.26. The van der Waals surface area contributed by atoms with Gasteiger partial charge in [0.25, 0.3) is 0 Å². The maximum atomic E-state index is 12.0. The molecule has 1 N–H and O–H groups in total. The van der Waals surface area contributed by atoms with Gasteiger partial charge in [0.2, 0.25) is 5.91 Å². The number of amides is 1. The van der Waals surface area contributed by atoms with Gasteiger partial charge < -0.3 is 14.7 Å². The van der Waals surface area contributed by atoms with E-state index in [1.54, 1.807) is 12.0 Å². The van der Waals surface area contributed by atoms with Crippen molar-refractivity contribution in [1.29, 1.82) is 0 Å². The number of methoxy groups -OCH3 is 1. The Bertz CT molecular complexity index is 398. The molecular weight excluding hydrogens is 266 g/mol. The number of carbonyl (C=O) groups excluding carboxylic acids is 1. The molecule has 0 aliphatic rings. The Morgan fingerprint density at radius 3 is 2.79 bits per heavy atom. The Labute approximate surface area is 118 Å². The third kappa shape index (κ3) is 5.09. The molecule has 0 bridgehead atoms. The molecule has 19 heavy (non-hydrogen) atoms. The first kappa shape index (κ1) is 15.8. The first-order valence-corrected chi connectivity index (χ1v) is 6.83. The van der Waals surface area contributed by atoms with Crippen LogP contribution in [0.1, 0.15) is 18.4 Å². The standard InChI is InChI=1S/C14H20ClNO3/c1-19-13-6-3-2-5-12(13)11-16(9-10-17)14(18)7-4-8-15/h2-3,5-6,17H,4,7-11H2,1H3. The number of halogens is 1. The van der Waals surface area contributed by atoms with Crippen LogP contribution in [-0.2, 0) is 11.3 Å². The summed E-state index contributed by atoms with van der Waals surface area (Å²) in [6.07, 6.45) is 1.05. The molecule has 0 aliphatic carbocycles. The van der Waals surface area contributed by atoms with E-state index in [2.05, 4.69) is 0 Å². The van der Waals surface area contributed by atoms with Gasteiger partial charge >= 0.3 is 0 Å². The Morgan fingerprint density at radius 2 is 2.16 bits per heavy atom. The molecule has 5 heteroatoms. The Kier molecular flexibility index (Phi) is 7.30. The number of ether oxygens (including phenoxy) is 1. The summed E-state index contributed by atoms with van der Waals surface area (Å²) in [4.78, 5) is 13.6. The average Bonchev–Trinajstić information content (AvgIpc) is 2.44. The molecule has 1 rings (SSSR count). The highest BCUT2D eigenvalue weighted by molar-refractivity contribution is 6.17. The fourth-order valence-corrected chi connectivity index (χ4v) is 1.96. The fourth-order valence-electron chi connectivity index (χ4n) is 1.83. The van der Waals surface area contributed by atoms with E-state index in [1.807, 2.05) is 24.3 Å². The molecule has 0 saturated carbocycles. The van der Waals surface area contributed by atoms with E-state index in [9.17, 15) is 4.79 Å². The molecule has 1 aromatic carbocycles. The number of rotatable bonds is 8. The highest BCUT2D eigenvalue weighted by Crippen LogP contribution is 2.19. The molecule has 0 radical (unpaired) electrons. The van der Waals surface area contributed by atoms with Crippen LogP contribution in [0.25, 0.3) is 0 Å². The average molecular weight is 286 g/mol. The number of aliphatic hydroxyl groups is 1. The Morgan fingerprint density at radius 1 is 1.42 bits per heavy atom. The summed E-state index contributed by atoms with van der Waals surface area (Å²) in [6.45, 7) is 0.701. The molecule has 1 amide bonds. The van der Waals surface area contributed by atoms with Gasteiger partial charge in [0.1, 0.15) is 5.75 Å². The zero-order valence-electron chi connectivity index (χ0n) is 11.1. The molecule has 0 aromatic heterocycles. The molecule has 0 atom stereocenters. The number of aliphatic hydroxyl groups excluding tert-OH is 1. The lowest BCUT2D eigenvalue weighted by Crippen LogP contribution is -2.33. The largest absolute Gasteiger partial charge is 0.496 e. The third-order valence-electron chi connectivity index (χ3n) is 2.80. The summed E-state index contributed by atoms with van der Waals surface area (Å²) in [5, 5.41) is 9.06. The van der Waals surface area contributed by atoms with E-state index in [4.69, 9.17) is 21.4 Å². The zero-order chi connectivity index (χ0) is 14.1. The van der Waals surface area contributed by atoms with Crippen LogP contribution in [0.3, 0.4) is 0 Å². The molecule has 0 saturated heterocycles. The first-order valence-electron chi connectivity index (χ1n) is 6.29. The minimum absolute atomic E-state index is 0.000561. The Balaban J connectivity index is 2.74. The highest BCUT2D eigenvalue weighted by atomic mass is 35.5. The molecule has 0 aliphatic heterocycles. The van der Waals surface area contributed by atoms with Gasteiger partial charge in [-0.2, -0.15) is 0 Å². The number of para-hydroxylation sites is 1. The maximum absolute atomic E-state index is 12.0. The second-order valence-corrected chi connectivity index (χ2v) is 4.52. The number of nitrogens with zero attached hydrogens (tertiary/aromatic N) is 1. The lowest BCUT2D eigenvalue weighted by Gasteiger charge is -2.22. The first-order chi connectivity index (χ1) is 9.22. The molecular formula is C14H20ClNO3.